The average Bonchev–Trinajstić information content (AvgIpc) is 2.32. The van der Waals surface area contributed by atoms with Crippen LogP contribution >= 0.6 is 11.6 Å². The van der Waals surface area contributed by atoms with Gasteiger partial charge in [0.1, 0.15) is 17.0 Å². The zero-order valence-corrected chi connectivity index (χ0v) is 13.6. The summed E-state index contributed by atoms with van der Waals surface area (Å²) in [5.74, 6) is -0.250. The van der Waals surface area contributed by atoms with E-state index in [1.807, 2.05) is 0 Å². The van der Waals surface area contributed by atoms with Crippen molar-refractivity contribution in [3.05, 3.63) is 22.7 Å². The van der Waals surface area contributed by atoms with E-state index in [2.05, 4.69) is 0 Å². The fourth-order valence-corrected chi connectivity index (χ4v) is 2.87. The van der Waals surface area contributed by atoms with Crippen LogP contribution in [0.3, 0.4) is 0 Å². The molecule has 0 unspecified atom stereocenters. The molecule has 7 heteroatoms. The van der Waals surface area contributed by atoms with E-state index in [1.165, 1.54) is 12.1 Å². The molecular weight excluding hydrogens is 316 g/mol. The number of ether oxygens (including phenoxy) is 1. The number of ketones is 1. The van der Waals surface area contributed by atoms with Crippen molar-refractivity contribution in [1.82, 2.24) is 0 Å². The molecule has 0 spiro atoms. The van der Waals surface area contributed by atoms with Crippen LogP contribution in [0.2, 0.25) is 5.02 Å². The molecule has 116 valence electrons. The molecule has 0 heterocycles. The highest BCUT2D eigenvalue weighted by molar-refractivity contribution is 7.90. The fourth-order valence-electron chi connectivity index (χ4n) is 1.73. The molecule has 0 radical (unpaired) electrons. The van der Waals surface area contributed by atoms with Gasteiger partial charge in [-0.15, -0.1) is 0 Å². The Morgan fingerprint density at radius 3 is 2.48 bits per heavy atom. The van der Waals surface area contributed by atoms with Crippen molar-refractivity contribution in [3.8, 4) is 5.75 Å². The molecule has 0 aromatic heterocycles. The molecule has 0 aliphatic carbocycles. The minimum atomic E-state index is -3.51. The quantitative estimate of drug-likeness (QED) is 0.565. The van der Waals surface area contributed by atoms with Crippen molar-refractivity contribution in [2.75, 3.05) is 6.26 Å². The summed E-state index contributed by atoms with van der Waals surface area (Å²) in [6.07, 6.45) is 1.06. The van der Waals surface area contributed by atoms with Gasteiger partial charge in [0.15, 0.2) is 15.6 Å². The second-order valence-corrected chi connectivity index (χ2v) is 7.25. The molecule has 0 aliphatic heterocycles. The molecule has 21 heavy (non-hydrogen) atoms. The average molecular weight is 333 g/mol. The number of aldehydes is 1. The lowest BCUT2D eigenvalue weighted by Gasteiger charge is -2.17. The number of benzene rings is 1. The van der Waals surface area contributed by atoms with Crippen molar-refractivity contribution >= 4 is 33.5 Å². The minimum absolute atomic E-state index is 0.0206. The lowest BCUT2D eigenvalue weighted by atomic mass is 10.1. The van der Waals surface area contributed by atoms with Crippen LogP contribution in [0, 0.1) is 0 Å². The number of hydrogen-bond acceptors (Lipinski definition) is 5. The Kier molecular flexibility index (Phi) is 5.92. The summed E-state index contributed by atoms with van der Waals surface area (Å²) in [5, 5.41) is 0.0888. The third kappa shape index (κ3) is 4.82. The number of rotatable bonds is 7. The molecule has 1 rings (SSSR count). The van der Waals surface area contributed by atoms with Crippen molar-refractivity contribution < 1.29 is 22.7 Å². The van der Waals surface area contributed by atoms with Gasteiger partial charge in [0, 0.05) is 12.7 Å². The molecule has 0 fully saturated rings. The van der Waals surface area contributed by atoms with Gasteiger partial charge in [0.2, 0.25) is 0 Å². The lowest BCUT2D eigenvalue weighted by Crippen LogP contribution is -2.12. The molecular formula is C14H17ClO5S. The first-order valence-electron chi connectivity index (χ1n) is 6.30. The summed E-state index contributed by atoms with van der Waals surface area (Å²) in [5.41, 5.74) is 0.437. The lowest BCUT2D eigenvalue weighted by molar-refractivity contribution is -0.121. The maximum Gasteiger partial charge on any atom is 0.179 e. The third-order valence-corrected chi connectivity index (χ3v) is 4.13. The molecule has 0 saturated carbocycles. The van der Waals surface area contributed by atoms with E-state index in [9.17, 15) is 18.0 Å². The summed E-state index contributed by atoms with van der Waals surface area (Å²) >= 11 is 6.18. The number of hydrogen-bond donors (Lipinski definition) is 0. The molecule has 1 aromatic carbocycles. The van der Waals surface area contributed by atoms with E-state index in [0.29, 0.717) is 11.8 Å². The maximum atomic E-state index is 11.8. The number of Topliss-reactive ketones (excluding diaryl/α,β-unsaturated/α-hetero) is 1. The minimum Gasteiger partial charge on any atom is -0.488 e. The van der Waals surface area contributed by atoms with E-state index < -0.39 is 9.84 Å². The van der Waals surface area contributed by atoms with Crippen LogP contribution in [-0.2, 0) is 25.8 Å². The Morgan fingerprint density at radius 2 is 2.00 bits per heavy atom. The summed E-state index contributed by atoms with van der Waals surface area (Å²) in [6, 6.07) is 2.83. The van der Waals surface area contributed by atoms with Crippen molar-refractivity contribution in [3.63, 3.8) is 0 Å². The molecule has 5 nitrogen and oxygen atoms in total. The van der Waals surface area contributed by atoms with Gasteiger partial charge in [-0.05, 0) is 25.5 Å². The molecule has 0 N–H and O–H groups in total. The summed E-state index contributed by atoms with van der Waals surface area (Å²) < 4.78 is 29.0. The SMILES string of the molecule is CC(C)Oc1c(S(C)(=O)=O)ccc(CC(=O)CC=O)c1Cl. The predicted molar refractivity (Wildman–Crippen MR) is 79.7 cm³/mol. The van der Waals surface area contributed by atoms with Gasteiger partial charge < -0.3 is 9.53 Å². The van der Waals surface area contributed by atoms with Gasteiger partial charge in [-0.3, -0.25) is 4.79 Å². The first-order valence-corrected chi connectivity index (χ1v) is 8.57. The second kappa shape index (κ2) is 7.04. The fraction of sp³-hybridized carbons (Fsp3) is 0.429. The summed E-state index contributed by atoms with van der Waals surface area (Å²) in [7, 11) is -3.51. The van der Waals surface area contributed by atoms with Crippen molar-refractivity contribution in [2.24, 2.45) is 0 Å². The Balaban J connectivity index is 3.33. The van der Waals surface area contributed by atoms with Gasteiger partial charge in [-0.25, -0.2) is 8.42 Å². The van der Waals surface area contributed by atoms with Crippen molar-refractivity contribution in [1.29, 1.82) is 0 Å². The van der Waals surface area contributed by atoms with E-state index in [0.717, 1.165) is 6.26 Å². The Labute approximate surface area is 129 Å². The normalized spacial score (nSPS) is 11.5. The van der Waals surface area contributed by atoms with Gasteiger partial charge in [-0.1, -0.05) is 17.7 Å². The zero-order chi connectivity index (χ0) is 16.2. The van der Waals surface area contributed by atoms with E-state index in [-0.39, 0.29) is 40.4 Å². The Hall–Kier alpha value is -1.40. The van der Waals surface area contributed by atoms with Crippen LogP contribution < -0.4 is 4.74 Å². The second-order valence-electron chi connectivity index (χ2n) is 4.89. The molecule has 0 atom stereocenters. The molecule has 0 bridgehead atoms. The molecule has 0 amide bonds. The molecule has 0 aliphatic rings. The zero-order valence-electron chi connectivity index (χ0n) is 12.1. The van der Waals surface area contributed by atoms with Gasteiger partial charge in [-0.2, -0.15) is 0 Å². The molecule has 1 aromatic rings. The van der Waals surface area contributed by atoms with Crippen LogP contribution in [0.4, 0.5) is 0 Å². The van der Waals surface area contributed by atoms with E-state index in [1.54, 1.807) is 13.8 Å². The largest absolute Gasteiger partial charge is 0.488 e. The van der Waals surface area contributed by atoms with Crippen LogP contribution in [-0.4, -0.2) is 32.8 Å². The van der Waals surface area contributed by atoms with Crippen LogP contribution in [0.1, 0.15) is 25.8 Å². The first kappa shape index (κ1) is 17.7. The third-order valence-electron chi connectivity index (χ3n) is 2.59. The monoisotopic (exact) mass is 332 g/mol. The number of carbonyl (C=O) groups excluding carboxylic acids is 2. The van der Waals surface area contributed by atoms with Gasteiger partial charge >= 0.3 is 0 Å². The van der Waals surface area contributed by atoms with E-state index >= 15 is 0 Å². The highest BCUT2D eigenvalue weighted by Gasteiger charge is 2.22. The topological polar surface area (TPSA) is 77.5 Å². The number of carbonyl (C=O) groups is 2. The highest BCUT2D eigenvalue weighted by atomic mass is 35.5. The highest BCUT2D eigenvalue weighted by Crippen LogP contribution is 2.36. The van der Waals surface area contributed by atoms with Gasteiger partial charge in [0.25, 0.3) is 0 Å². The first-order chi connectivity index (χ1) is 9.66. The van der Waals surface area contributed by atoms with Crippen LogP contribution in [0.25, 0.3) is 0 Å². The smallest absolute Gasteiger partial charge is 0.179 e. The van der Waals surface area contributed by atoms with Gasteiger partial charge in [0.05, 0.1) is 17.5 Å². The summed E-state index contributed by atoms with van der Waals surface area (Å²) in [4.78, 5) is 21.8. The predicted octanol–water partition coefficient (Wildman–Crippen LogP) is 2.23. The van der Waals surface area contributed by atoms with E-state index in [4.69, 9.17) is 16.3 Å². The van der Waals surface area contributed by atoms with Crippen LogP contribution in [0.5, 0.6) is 5.75 Å². The Morgan fingerprint density at radius 1 is 1.38 bits per heavy atom. The van der Waals surface area contributed by atoms with Crippen LogP contribution in [0.15, 0.2) is 17.0 Å². The Bertz CT molecular complexity index is 650. The standard InChI is InChI=1S/C14H17ClO5S/c1-9(2)20-14-12(21(3,18)19)5-4-10(13(14)15)8-11(17)6-7-16/h4-5,7,9H,6,8H2,1-3H3. The maximum absolute atomic E-state index is 11.8. The van der Waals surface area contributed by atoms with Crippen molar-refractivity contribution in [2.45, 2.75) is 37.7 Å². The number of sulfone groups is 1. The summed E-state index contributed by atoms with van der Waals surface area (Å²) in [6.45, 7) is 3.49. The number of halogens is 1. The molecule has 0 saturated heterocycles.